The fourth-order valence-corrected chi connectivity index (χ4v) is 7.10. The molecule has 152 valence electrons. The number of rotatable bonds is 4. The maximum absolute atomic E-state index is 2.40. The van der Waals surface area contributed by atoms with E-state index in [4.69, 9.17) is 0 Å². The largest absolute Gasteiger partial charge is 0.0843 e. The molecule has 0 N–H and O–H groups in total. The van der Waals surface area contributed by atoms with Gasteiger partial charge in [-0.3, -0.25) is 0 Å². The van der Waals surface area contributed by atoms with Crippen molar-refractivity contribution >= 4 is 14.7 Å². The Morgan fingerprint density at radius 2 is 1.20 bits per heavy atom. The third kappa shape index (κ3) is 3.75. The summed E-state index contributed by atoms with van der Waals surface area (Å²) in [4.78, 5) is 0. The topological polar surface area (TPSA) is 0 Å². The van der Waals surface area contributed by atoms with E-state index in [1.54, 1.807) is 21.5 Å². The molecule has 0 amide bonds. The first kappa shape index (κ1) is 20.6. The van der Waals surface area contributed by atoms with Crippen LogP contribution in [0.1, 0.15) is 38.8 Å². The summed E-state index contributed by atoms with van der Waals surface area (Å²) in [7, 11) is -0.572. The summed E-state index contributed by atoms with van der Waals surface area (Å²) in [6.07, 6.45) is 0. The van der Waals surface area contributed by atoms with Gasteiger partial charge >= 0.3 is 0 Å². The summed E-state index contributed by atoms with van der Waals surface area (Å²) in [6, 6.07) is 25.0. The molecule has 1 heteroatoms. The van der Waals surface area contributed by atoms with Crippen molar-refractivity contribution in [3.8, 4) is 22.3 Å². The molecule has 0 aromatic heterocycles. The molecule has 1 unspecified atom stereocenters. The van der Waals surface area contributed by atoms with Crippen LogP contribution in [0, 0.1) is 19.8 Å². The van der Waals surface area contributed by atoms with Crippen LogP contribution in [0.15, 0.2) is 88.6 Å². The monoisotopic (exact) mass is 408 g/mol. The summed E-state index contributed by atoms with van der Waals surface area (Å²) in [6.45, 7) is 13.7. The summed E-state index contributed by atoms with van der Waals surface area (Å²) < 4.78 is 0. The minimum absolute atomic E-state index is 0.572. The van der Waals surface area contributed by atoms with E-state index in [1.807, 2.05) is 0 Å². The number of allylic oxidation sites excluding steroid dienone is 4. The van der Waals surface area contributed by atoms with Gasteiger partial charge in [-0.2, -0.15) is 0 Å². The average molecular weight is 409 g/mol. The van der Waals surface area contributed by atoms with Gasteiger partial charge < -0.3 is 0 Å². The van der Waals surface area contributed by atoms with Gasteiger partial charge in [0.1, 0.15) is 0 Å². The van der Waals surface area contributed by atoms with E-state index in [0.717, 1.165) is 0 Å². The first-order chi connectivity index (χ1) is 14.4. The van der Waals surface area contributed by atoms with E-state index in [2.05, 4.69) is 108 Å². The molecular weight excluding hydrogens is 376 g/mol. The minimum Gasteiger partial charge on any atom is -0.0727 e. The highest BCUT2D eigenvalue weighted by Crippen LogP contribution is 2.37. The molecule has 0 saturated carbocycles. The Labute approximate surface area is 184 Å². The third-order valence-electron chi connectivity index (χ3n) is 7.04. The quantitative estimate of drug-likeness (QED) is 0.422. The number of hydrogen-bond donors (Lipinski definition) is 0. The fraction of sp³-hybridized carbons (Fsp3) is 0.241. The molecule has 3 aromatic rings. The summed E-state index contributed by atoms with van der Waals surface area (Å²) >= 11 is 0. The molecule has 30 heavy (non-hydrogen) atoms. The van der Waals surface area contributed by atoms with E-state index >= 15 is 0 Å². The molecule has 0 saturated heterocycles. The Morgan fingerprint density at radius 3 is 1.73 bits per heavy atom. The molecule has 0 radical (unpaired) electrons. The smallest absolute Gasteiger partial charge is 0.0727 e. The maximum atomic E-state index is 2.40. The van der Waals surface area contributed by atoms with Gasteiger partial charge in [-0.05, 0) is 68.4 Å². The number of hydrogen-bond acceptors (Lipinski definition) is 0. The van der Waals surface area contributed by atoms with Crippen LogP contribution >= 0.6 is 0 Å². The molecule has 3 aromatic carbocycles. The molecule has 0 heterocycles. The van der Waals surface area contributed by atoms with Crippen molar-refractivity contribution in [2.75, 3.05) is 0 Å². The van der Waals surface area contributed by atoms with Gasteiger partial charge in [0.25, 0.3) is 0 Å². The van der Waals surface area contributed by atoms with Crippen LogP contribution in [0.3, 0.4) is 0 Å². The Morgan fingerprint density at radius 1 is 0.633 bits per heavy atom. The summed E-state index contributed by atoms with van der Waals surface area (Å²) in [5.41, 5.74) is 12.7. The van der Waals surface area contributed by atoms with Gasteiger partial charge in [0.2, 0.25) is 0 Å². The molecule has 1 atom stereocenters. The molecule has 0 nitrogen and oxygen atoms in total. The molecule has 0 aliphatic heterocycles. The zero-order valence-electron chi connectivity index (χ0n) is 19.1. The predicted octanol–water partition coefficient (Wildman–Crippen LogP) is 6.69. The van der Waals surface area contributed by atoms with Crippen LogP contribution < -0.4 is 5.19 Å². The predicted molar refractivity (Wildman–Crippen MR) is 135 cm³/mol. The first-order valence-corrected chi connectivity index (χ1v) is 12.4. The molecule has 0 fully saturated rings. The van der Waals surface area contributed by atoms with Crippen molar-refractivity contribution in [3.63, 3.8) is 0 Å². The van der Waals surface area contributed by atoms with Crippen molar-refractivity contribution in [2.45, 2.75) is 41.5 Å². The zero-order valence-corrected chi connectivity index (χ0v) is 20.5. The highest BCUT2D eigenvalue weighted by molar-refractivity contribution is 6.63. The van der Waals surface area contributed by atoms with Crippen molar-refractivity contribution in [1.82, 2.24) is 0 Å². The molecule has 1 aliphatic carbocycles. The van der Waals surface area contributed by atoms with Gasteiger partial charge in [0.15, 0.2) is 0 Å². The summed E-state index contributed by atoms with van der Waals surface area (Å²) in [5.74, 6) is 0.588. The van der Waals surface area contributed by atoms with E-state index in [-0.39, 0.29) is 0 Å². The van der Waals surface area contributed by atoms with Crippen molar-refractivity contribution in [1.29, 1.82) is 0 Å². The van der Waals surface area contributed by atoms with E-state index in [0.29, 0.717) is 5.92 Å². The lowest BCUT2D eigenvalue weighted by atomic mass is 9.93. The van der Waals surface area contributed by atoms with Gasteiger partial charge in [-0.1, -0.05) is 106 Å². The fourth-order valence-electron chi connectivity index (χ4n) is 4.72. The molecule has 0 bridgehead atoms. The zero-order chi connectivity index (χ0) is 21.4. The second-order valence-corrected chi connectivity index (χ2v) is 10.8. The second kappa shape index (κ2) is 8.24. The SMILES string of the molecule is CC1=C(C)C(C)C([SiH2]c2cccc(-c3ccc(C)cc3)c2-c2ccc(C)cc2)=C1C. The van der Waals surface area contributed by atoms with Gasteiger partial charge in [0, 0.05) is 0 Å². The molecule has 0 spiro atoms. The second-order valence-electron chi connectivity index (χ2n) is 8.93. The van der Waals surface area contributed by atoms with Crippen LogP contribution in [0.2, 0.25) is 0 Å². The van der Waals surface area contributed by atoms with E-state index < -0.39 is 9.52 Å². The van der Waals surface area contributed by atoms with Crippen LogP contribution in [0.4, 0.5) is 0 Å². The van der Waals surface area contributed by atoms with Crippen molar-refractivity contribution in [2.24, 2.45) is 5.92 Å². The number of benzene rings is 3. The first-order valence-electron chi connectivity index (χ1n) is 11.0. The highest BCUT2D eigenvalue weighted by Gasteiger charge is 2.25. The lowest BCUT2D eigenvalue weighted by Crippen LogP contribution is -2.23. The Balaban J connectivity index is 1.88. The van der Waals surface area contributed by atoms with E-state index in [1.165, 1.54) is 39.0 Å². The Hall–Kier alpha value is -2.64. The van der Waals surface area contributed by atoms with E-state index in [9.17, 15) is 0 Å². The average Bonchev–Trinajstić information content (AvgIpc) is 2.93. The van der Waals surface area contributed by atoms with Gasteiger partial charge in [-0.25, -0.2) is 0 Å². The molecule has 4 rings (SSSR count). The van der Waals surface area contributed by atoms with Crippen LogP contribution in [0.25, 0.3) is 22.3 Å². The van der Waals surface area contributed by atoms with Gasteiger partial charge in [0.05, 0.1) is 9.52 Å². The van der Waals surface area contributed by atoms with Gasteiger partial charge in [-0.15, -0.1) is 0 Å². The normalized spacial score (nSPS) is 16.9. The van der Waals surface area contributed by atoms with Crippen LogP contribution in [-0.2, 0) is 0 Å². The Kier molecular flexibility index (Phi) is 5.66. The lowest BCUT2D eigenvalue weighted by molar-refractivity contribution is 0.856. The maximum Gasteiger partial charge on any atom is 0.0843 e. The van der Waals surface area contributed by atoms with Crippen molar-refractivity contribution in [3.05, 3.63) is 99.8 Å². The standard InChI is InChI=1S/C29H32Si/c1-18-10-14-24(15-11-18)26-8-7-9-27(28(26)25-16-12-19(2)13-17-25)30-29-22(5)20(3)21(4)23(29)6/h7-17,22H,30H2,1-6H3. The summed E-state index contributed by atoms with van der Waals surface area (Å²) in [5, 5.41) is 3.26. The van der Waals surface area contributed by atoms with Crippen LogP contribution in [-0.4, -0.2) is 9.52 Å². The highest BCUT2D eigenvalue weighted by atomic mass is 28.2. The van der Waals surface area contributed by atoms with Crippen molar-refractivity contribution < 1.29 is 0 Å². The lowest BCUT2D eigenvalue weighted by Gasteiger charge is -2.19. The molecule has 1 aliphatic rings. The Bertz CT molecular complexity index is 1140. The minimum atomic E-state index is -0.572. The third-order valence-corrected chi connectivity index (χ3v) is 9.54. The van der Waals surface area contributed by atoms with Crippen LogP contribution in [0.5, 0.6) is 0 Å². The molecular formula is C29H32Si. The number of aryl methyl sites for hydroxylation is 2.